The first-order valence-corrected chi connectivity index (χ1v) is 7.88. The zero-order valence-corrected chi connectivity index (χ0v) is 13.5. The van der Waals surface area contributed by atoms with Gasteiger partial charge in [0, 0.05) is 42.1 Å². The molecule has 0 aliphatic heterocycles. The molecule has 4 aromatic rings. The number of nitrogens with zero attached hydrogens (tertiary/aromatic N) is 3. The van der Waals surface area contributed by atoms with Crippen LogP contribution in [0.15, 0.2) is 78.2 Å². The molecule has 6 heteroatoms. The minimum absolute atomic E-state index is 0.272. The Hall–Kier alpha value is -3.80. The molecule has 0 radical (unpaired) electrons. The van der Waals surface area contributed by atoms with E-state index in [0.717, 1.165) is 16.8 Å². The summed E-state index contributed by atoms with van der Waals surface area (Å²) in [5, 5.41) is 9.74. The van der Waals surface area contributed by atoms with Crippen LogP contribution >= 0.6 is 0 Å². The summed E-state index contributed by atoms with van der Waals surface area (Å²) in [6, 6.07) is 12.6. The van der Waals surface area contributed by atoms with Crippen LogP contribution in [0.1, 0.15) is 10.4 Å². The predicted octanol–water partition coefficient (Wildman–Crippen LogP) is 3.15. The SMILES string of the molecule is O=C(O)c1cn(-c2ccncc2)c2cc(-c3ccncc3)ccc2c1=O. The van der Waals surface area contributed by atoms with Gasteiger partial charge in [-0.15, -0.1) is 0 Å². The van der Waals surface area contributed by atoms with Gasteiger partial charge in [0.2, 0.25) is 5.43 Å². The summed E-state index contributed by atoms with van der Waals surface area (Å²) in [5.41, 5.74) is 2.44. The number of carboxylic acid groups (broad SMARTS) is 1. The maximum atomic E-state index is 12.6. The highest BCUT2D eigenvalue weighted by Crippen LogP contribution is 2.25. The second-order valence-corrected chi connectivity index (χ2v) is 5.72. The van der Waals surface area contributed by atoms with E-state index >= 15 is 0 Å². The predicted molar refractivity (Wildman–Crippen MR) is 97.5 cm³/mol. The monoisotopic (exact) mass is 343 g/mol. The van der Waals surface area contributed by atoms with Crippen LogP contribution in [0.2, 0.25) is 0 Å². The van der Waals surface area contributed by atoms with Crippen LogP contribution in [0.4, 0.5) is 0 Å². The second-order valence-electron chi connectivity index (χ2n) is 5.72. The Morgan fingerprint density at radius 1 is 0.885 bits per heavy atom. The highest BCUT2D eigenvalue weighted by Gasteiger charge is 2.16. The zero-order chi connectivity index (χ0) is 18.1. The van der Waals surface area contributed by atoms with Gasteiger partial charge in [0.1, 0.15) is 5.56 Å². The van der Waals surface area contributed by atoms with Crippen molar-refractivity contribution in [2.24, 2.45) is 0 Å². The first-order chi connectivity index (χ1) is 12.6. The molecular weight excluding hydrogens is 330 g/mol. The van der Waals surface area contributed by atoms with E-state index < -0.39 is 11.4 Å². The fourth-order valence-electron chi connectivity index (χ4n) is 2.92. The van der Waals surface area contributed by atoms with Gasteiger partial charge in [0.25, 0.3) is 0 Å². The molecule has 0 spiro atoms. The van der Waals surface area contributed by atoms with Crippen LogP contribution in [-0.2, 0) is 0 Å². The van der Waals surface area contributed by atoms with Crippen molar-refractivity contribution < 1.29 is 9.90 Å². The van der Waals surface area contributed by atoms with Crippen LogP contribution in [-0.4, -0.2) is 25.6 Å². The van der Waals surface area contributed by atoms with Gasteiger partial charge in [0.05, 0.1) is 5.52 Å². The van der Waals surface area contributed by atoms with Crippen LogP contribution in [0.3, 0.4) is 0 Å². The Bertz CT molecular complexity index is 1170. The zero-order valence-electron chi connectivity index (χ0n) is 13.5. The number of aromatic nitrogens is 3. The largest absolute Gasteiger partial charge is 0.477 e. The van der Waals surface area contributed by atoms with E-state index in [1.54, 1.807) is 47.6 Å². The fourth-order valence-corrected chi connectivity index (χ4v) is 2.92. The summed E-state index contributed by atoms with van der Waals surface area (Å²) < 4.78 is 1.70. The van der Waals surface area contributed by atoms with Crippen LogP contribution in [0, 0.1) is 0 Å². The molecule has 0 unspecified atom stereocenters. The summed E-state index contributed by atoms with van der Waals surface area (Å²) in [4.78, 5) is 32.1. The van der Waals surface area contributed by atoms with Crippen molar-refractivity contribution in [1.29, 1.82) is 0 Å². The minimum atomic E-state index is -1.25. The molecule has 3 heterocycles. The number of rotatable bonds is 3. The lowest BCUT2D eigenvalue weighted by atomic mass is 10.0. The molecule has 0 fully saturated rings. The molecule has 0 atom stereocenters. The minimum Gasteiger partial charge on any atom is -0.477 e. The van der Waals surface area contributed by atoms with Crippen LogP contribution in [0.25, 0.3) is 27.7 Å². The maximum Gasteiger partial charge on any atom is 0.341 e. The van der Waals surface area contributed by atoms with E-state index in [-0.39, 0.29) is 5.56 Å². The third kappa shape index (κ3) is 2.63. The number of carbonyl (C=O) groups is 1. The smallest absolute Gasteiger partial charge is 0.341 e. The highest BCUT2D eigenvalue weighted by atomic mass is 16.4. The number of fused-ring (bicyclic) bond motifs is 1. The van der Waals surface area contributed by atoms with Crippen molar-refractivity contribution in [2.75, 3.05) is 0 Å². The normalized spacial score (nSPS) is 10.8. The topological polar surface area (TPSA) is 85.1 Å². The number of benzene rings is 1. The van der Waals surface area contributed by atoms with Crippen LogP contribution < -0.4 is 5.43 Å². The van der Waals surface area contributed by atoms with Crippen LogP contribution in [0.5, 0.6) is 0 Å². The third-order valence-corrected chi connectivity index (χ3v) is 4.19. The fraction of sp³-hybridized carbons (Fsp3) is 0. The van der Waals surface area contributed by atoms with Gasteiger partial charge >= 0.3 is 5.97 Å². The van der Waals surface area contributed by atoms with Crippen molar-refractivity contribution in [3.05, 3.63) is 89.2 Å². The summed E-state index contributed by atoms with van der Waals surface area (Å²) in [6.45, 7) is 0. The lowest BCUT2D eigenvalue weighted by molar-refractivity contribution is 0.0695. The molecule has 4 rings (SSSR count). The molecule has 0 saturated carbocycles. The number of aromatic carboxylic acids is 1. The summed E-state index contributed by atoms with van der Waals surface area (Å²) in [7, 11) is 0. The Balaban J connectivity index is 2.07. The van der Waals surface area contributed by atoms with Crippen molar-refractivity contribution in [3.63, 3.8) is 0 Å². The van der Waals surface area contributed by atoms with Gasteiger partial charge in [-0.1, -0.05) is 6.07 Å². The lowest BCUT2D eigenvalue weighted by Gasteiger charge is -2.13. The number of hydrogen-bond donors (Lipinski definition) is 1. The molecule has 0 saturated heterocycles. The molecule has 26 heavy (non-hydrogen) atoms. The van der Waals surface area contributed by atoms with E-state index in [0.29, 0.717) is 10.9 Å². The van der Waals surface area contributed by atoms with Gasteiger partial charge in [-0.3, -0.25) is 14.8 Å². The number of carboxylic acids is 1. The molecule has 126 valence electrons. The van der Waals surface area contributed by atoms with E-state index in [9.17, 15) is 14.7 Å². The Labute approximate surface area is 148 Å². The van der Waals surface area contributed by atoms with Crippen molar-refractivity contribution in [3.8, 4) is 16.8 Å². The molecule has 1 N–H and O–H groups in total. The molecule has 1 aromatic carbocycles. The first kappa shape index (κ1) is 15.7. The van der Waals surface area contributed by atoms with Crippen molar-refractivity contribution >= 4 is 16.9 Å². The number of hydrogen-bond acceptors (Lipinski definition) is 4. The molecule has 0 aliphatic rings. The average Bonchev–Trinajstić information content (AvgIpc) is 2.69. The first-order valence-electron chi connectivity index (χ1n) is 7.88. The van der Waals surface area contributed by atoms with Crippen molar-refractivity contribution in [1.82, 2.24) is 14.5 Å². The number of pyridine rings is 3. The molecule has 0 bridgehead atoms. The molecular formula is C20H13N3O3. The van der Waals surface area contributed by atoms with Gasteiger partial charge in [-0.05, 0) is 47.5 Å². The molecule has 6 nitrogen and oxygen atoms in total. The summed E-state index contributed by atoms with van der Waals surface area (Å²) in [6.07, 6.45) is 7.99. The third-order valence-electron chi connectivity index (χ3n) is 4.19. The van der Waals surface area contributed by atoms with Gasteiger partial charge < -0.3 is 9.67 Å². The van der Waals surface area contributed by atoms with Gasteiger partial charge in [-0.25, -0.2) is 4.79 Å². The lowest BCUT2D eigenvalue weighted by Crippen LogP contribution is -2.18. The van der Waals surface area contributed by atoms with E-state index in [2.05, 4.69) is 9.97 Å². The Kier molecular flexibility index (Phi) is 3.78. The van der Waals surface area contributed by atoms with Gasteiger partial charge in [0.15, 0.2) is 0 Å². The summed E-state index contributed by atoms with van der Waals surface area (Å²) in [5.74, 6) is -1.25. The molecule has 3 aromatic heterocycles. The van der Waals surface area contributed by atoms with E-state index in [4.69, 9.17) is 0 Å². The average molecular weight is 343 g/mol. The van der Waals surface area contributed by atoms with E-state index in [1.807, 2.05) is 24.3 Å². The Morgan fingerprint density at radius 2 is 1.54 bits per heavy atom. The highest BCUT2D eigenvalue weighted by molar-refractivity contribution is 5.94. The second kappa shape index (κ2) is 6.25. The van der Waals surface area contributed by atoms with Crippen molar-refractivity contribution in [2.45, 2.75) is 0 Å². The summed E-state index contributed by atoms with van der Waals surface area (Å²) >= 11 is 0. The quantitative estimate of drug-likeness (QED) is 0.618. The maximum absolute atomic E-state index is 12.6. The molecule has 0 aliphatic carbocycles. The standard InChI is InChI=1S/C20H13N3O3/c24-19-16-2-1-14(13-3-7-21-8-4-13)11-18(16)23(12-17(19)20(25)26)15-5-9-22-10-6-15/h1-12H,(H,25,26). The molecule has 0 amide bonds. The van der Waals surface area contributed by atoms with Gasteiger partial charge in [-0.2, -0.15) is 0 Å². The van der Waals surface area contributed by atoms with E-state index in [1.165, 1.54) is 6.20 Å². The Morgan fingerprint density at radius 3 is 2.19 bits per heavy atom.